The van der Waals surface area contributed by atoms with Crippen LogP contribution in [0.3, 0.4) is 0 Å². The number of sulfone groups is 1. The zero-order valence-corrected chi connectivity index (χ0v) is 12.0. The first kappa shape index (κ1) is 15.1. The number of fused-ring (bicyclic) bond motifs is 1. The topological polar surface area (TPSA) is 105 Å². The second kappa shape index (κ2) is 6.45. The monoisotopic (exact) mass is 310 g/mol. The highest BCUT2D eigenvalue weighted by Gasteiger charge is 2.18. The van der Waals surface area contributed by atoms with Gasteiger partial charge in [0.05, 0.1) is 11.8 Å². The van der Waals surface area contributed by atoms with Gasteiger partial charge in [-0.3, -0.25) is 4.79 Å². The molecule has 0 atom stereocenters. The van der Waals surface area contributed by atoms with Crippen molar-refractivity contribution in [2.75, 3.05) is 23.6 Å². The number of nitrogens with zero attached hydrogens (tertiary/aromatic N) is 1. The summed E-state index contributed by atoms with van der Waals surface area (Å²) in [6.45, 7) is 0.125. The van der Waals surface area contributed by atoms with Gasteiger partial charge in [0.1, 0.15) is 5.75 Å². The van der Waals surface area contributed by atoms with Crippen LogP contribution in [0.1, 0.15) is 12.8 Å². The van der Waals surface area contributed by atoms with Gasteiger partial charge in [-0.25, -0.2) is 8.42 Å². The SMILES string of the molecule is N#CCCCS(=O)(=O)CC(=O)Nc1ccc2c(c1)OCO2. The quantitative estimate of drug-likeness (QED) is 0.788. The third kappa shape index (κ3) is 4.36. The Bertz CT molecular complexity index is 678. The number of hydrogen-bond donors (Lipinski definition) is 1. The third-order valence-corrected chi connectivity index (χ3v) is 4.36. The van der Waals surface area contributed by atoms with Crippen molar-refractivity contribution in [1.29, 1.82) is 5.26 Å². The van der Waals surface area contributed by atoms with Gasteiger partial charge in [0.25, 0.3) is 0 Å². The van der Waals surface area contributed by atoms with Gasteiger partial charge in [-0.2, -0.15) is 5.26 Å². The first-order valence-electron chi connectivity index (χ1n) is 6.27. The van der Waals surface area contributed by atoms with Crippen molar-refractivity contribution in [3.05, 3.63) is 18.2 Å². The molecule has 0 unspecified atom stereocenters. The van der Waals surface area contributed by atoms with E-state index in [9.17, 15) is 13.2 Å². The molecule has 1 aromatic carbocycles. The predicted molar refractivity (Wildman–Crippen MR) is 74.7 cm³/mol. The molecule has 0 bridgehead atoms. The summed E-state index contributed by atoms with van der Waals surface area (Å²) < 4.78 is 33.7. The van der Waals surface area contributed by atoms with Crippen LogP contribution in [0, 0.1) is 11.3 Å². The number of nitriles is 1. The first-order chi connectivity index (χ1) is 10.00. The van der Waals surface area contributed by atoms with Crippen LogP contribution in [0.5, 0.6) is 11.5 Å². The molecule has 1 heterocycles. The van der Waals surface area contributed by atoms with Crippen LogP contribution in [-0.2, 0) is 14.6 Å². The minimum atomic E-state index is -3.50. The molecular formula is C13H14N2O5S. The van der Waals surface area contributed by atoms with Crippen LogP contribution in [0.25, 0.3) is 0 Å². The molecule has 0 saturated heterocycles. The summed E-state index contributed by atoms with van der Waals surface area (Å²) in [7, 11) is -3.50. The van der Waals surface area contributed by atoms with Gasteiger partial charge in [-0.15, -0.1) is 0 Å². The normalized spacial score (nSPS) is 12.7. The van der Waals surface area contributed by atoms with E-state index in [1.165, 1.54) is 0 Å². The third-order valence-electron chi connectivity index (χ3n) is 2.75. The predicted octanol–water partition coefficient (Wildman–Crippen LogP) is 1.07. The number of anilines is 1. The van der Waals surface area contributed by atoms with Gasteiger partial charge in [0.15, 0.2) is 21.3 Å². The molecule has 0 aromatic heterocycles. The van der Waals surface area contributed by atoms with Crippen molar-refractivity contribution >= 4 is 21.4 Å². The zero-order valence-electron chi connectivity index (χ0n) is 11.2. The van der Waals surface area contributed by atoms with Crippen LogP contribution < -0.4 is 14.8 Å². The van der Waals surface area contributed by atoms with Gasteiger partial charge >= 0.3 is 0 Å². The first-order valence-corrected chi connectivity index (χ1v) is 8.09. The molecule has 7 nitrogen and oxygen atoms in total. The highest BCUT2D eigenvalue weighted by atomic mass is 32.2. The molecule has 8 heteroatoms. The number of carbonyl (C=O) groups is 1. The number of nitrogens with one attached hydrogen (secondary N) is 1. The molecule has 0 spiro atoms. The molecule has 0 saturated carbocycles. The van der Waals surface area contributed by atoms with Gasteiger partial charge in [0.2, 0.25) is 12.7 Å². The molecule has 112 valence electrons. The lowest BCUT2D eigenvalue weighted by atomic mass is 10.3. The van der Waals surface area contributed by atoms with Crippen molar-refractivity contribution in [2.24, 2.45) is 0 Å². The molecule has 0 fully saturated rings. The largest absolute Gasteiger partial charge is 0.454 e. The van der Waals surface area contributed by atoms with Gasteiger partial charge in [-0.1, -0.05) is 0 Å². The summed E-state index contributed by atoms with van der Waals surface area (Å²) in [5.41, 5.74) is 0.441. The minimum Gasteiger partial charge on any atom is -0.454 e. The van der Waals surface area contributed by atoms with Gasteiger partial charge in [-0.05, 0) is 18.6 Å². The Kier molecular flexibility index (Phi) is 4.65. The van der Waals surface area contributed by atoms with E-state index in [0.29, 0.717) is 17.2 Å². The summed E-state index contributed by atoms with van der Waals surface area (Å²) in [6.07, 6.45) is 0.388. The standard InChI is InChI=1S/C13H14N2O5S/c14-5-1-2-6-21(17,18)8-13(16)15-10-3-4-11-12(7-10)20-9-19-11/h3-4,7H,1-2,6,8-9H2,(H,15,16). The lowest BCUT2D eigenvalue weighted by Gasteiger charge is -2.06. The van der Waals surface area contributed by atoms with E-state index in [4.69, 9.17) is 14.7 Å². The molecule has 1 aromatic rings. The van der Waals surface area contributed by atoms with E-state index in [0.717, 1.165) is 0 Å². The molecule has 0 radical (unpaired) electrons. The highest BCUT2D eigenvalue weighted by molar-refractivity contribution is 7.92. The average Bonchev–Trinajstić information content (AvgIpc) is 2.85. The van der Waals surface area contributed by atoms with Gasteiger partial charge < -0.3 is 14.8 Å². The van der Waals surface area contributed by atoms with Crippen molar-refractivity contribution in [3.63, 3.8) is 0 Å². The second-order valence-corrected chi connectivity index (χ2v) is 6.65. The number of carbonyl (C=O) groups excluding carboxylic acids is 1. The number of ether oxygens (including phenoxy) is 2. The Morgan fingerprint density at radius 2 is 2.10 bits per heavy atom. The second-order valence-electron chi connectivity index (χ2n) is 4.47. The lowest BCUT2D eigenvalue weighted by molar-refractivity contribution is -0.113. The van der Waals surface area contributed by atoms with Crippen molar-refractivity contribution in [2.45, 2.75) is 12.8 Å². The van der Waals surface area contributed by atoms with Gasteiger partial charge in [0, 0.05) is 18.2 Å². The fourth-order valence-corrected chi connectivity index (χ4v) is 3.01. The fraction of sp³-hybridized carbons (Fsp3) is 0.385. The van der Waals surface area contributed by atoms with Crippen LogP contribution in [-0.4, -0.2) is 32.6 Å². The summed E-state index contributed by atoms with van der Waals surface area (Å²) in [5, 5.41) is 10.9. The minimum absolute atomic E-state index is 0.125. The van der Waals surface area contributed by atoms with Crippen LogP contribution in [0.2, 0.25) is 0 Å². The molecule has 21 heavy (non-hydrogen) atoms. The number of benzene rings is 1. The summed E-state index contributed by atoms with van der Waals surface area (Å²) >= 11 is 0. The Morgan fingerprint density at radius 3 is 2.86 bits per heavy atom. The van der Waals surface area contributed by atoms with E-state index < -0.39 is 21.5 Å². The van der Waals surface area contributed by atoms with Crippen LogP contribution in [0.15, 0.2) is 18.2 Å². The summed E-state index contributed by atoms with van der Waals surface area (Å²) in [4.78, 5) is 11.7. The number of unbranched alkanes of at least 4 members (excludes halogenated alkanes) is 1. The lowest BCUT2D eigenvalue weighted by Crippen LogP contribution is -2.24. The molecule has 0 aliphatic carbocycles. The van der Waals surface area contributed by atoms with Crippen LogP contribution >= 0.6 is 0 Å². The Balaban J connectivity index is 1.91. The Labute approximate surface area is 122 Å². The molecule has 1 aliphatic heterocycles. The Morgan fingerprint density at radius 1 is 1.33 bits per heavy atom. The molecule has 1 amide bonds. The van der Waals surface area contributed by atoms with E-state index >= 15 is 0 Å². The molecular weight excluding hydrogens is 296 g/mol. The zero-order chi connectivity index (χ0) is 15.3. The summed E-state index contributed by atoms with van der Waals surface area (Å²) in [5.74, 6) is -0.310. The van der Waals surface area contributed by atoms with E-state index in [-0.39, 0.29) is 25.4 Å². The maximum atomic E-state index is 11.7. The fourth-order valence-electron chi connectivity index (χ4n) is 1.81. The van der Waals surface area contributed by atoms with Crippen LogP contribution in [0.4, 0.5) is 5.69 Å². The Hall–Kier alpha value is -2.27. The maximum Gasteiger partial charge on any atom is 0.239 e. The summed E-state index contributed by atoms with van der Waals surface area (Å²) in [6, 6.07) is 6.68. The molecule has 2 rings (SSSR count). The van der Waals surface area contributed by atoms with E-state index in [1.807, 2.05) is 6.07 Å². The molecule has 1 aliphatic rings. The van der Waals surface area contributed by atoms with Crippen molar-refractivity contribution in [1.82, 2.24) is 0 Å². The van der Waals surface area contributed by atoms with Crippen molar-refractivity contribution < 1.29 is 22.7 Å². The highest BCUT2D eigenvalue weighted by Crippen LogP contribution is 2.34. The van der Waals surface area contributed by atoms with Crippen molar-refractivity contribution in [3.8, 4) is 17.6 Å². The van der Waals surface area contributed by atoms with E-state index in [2.05, 4.69) is 5.32 Å². The maximum absolute atomic E-state index is 11.7. The smallest absolute Gasteiger partial charge is 0.239 e. The average molecular weight is 310 g/mol. The number of rotatable bonds is 6. The number of amides is 1. The molecule has 1 N–H and O–H groups in total. The number of hydrogen-bond acceptors (Lipinski definition) is 6. The van der Waals surface area contributed by atoms with E-state index in [1.54, 1.807) is 18.2 Å².